The highest BCUT2D eigenvalue weighted by molar-refractivity contribution is 9.13. The monoisotopic (exact) mass is 532 g/mol. The first kappa shape index (κ1) is 22.0. The van der Waals surface area contributed by atoms with Crippen LogP contribution in [-0.2, 0) is 10.4 Å². The number of nitrogens with one attached hydrogen (secondary N) is 1. The summed E-state index contributed by atoms with van der Waals surface area (Å²) in [6.07, 6.45) is 1.26. The summed E-state index contributed by atoms with van der Waals surface area (Å²) in [4.78, 5) is 13.0. The molecular weight excluding hydrogens is 516 g/mol. The van der Waals surface area contributed by atoms with Crippen LogP contribution >= 0.6 is 31.9 Å². The summed E-state index contributed by atoms with van der Waals surface area (Å²) in [6, 6.07) is 18.8. The second-order valence-electron chi connectivity index (χ2n) is 6.28. The molecule has 6 nitrogen and oxygen atoms in total. The number of phenolic OH excluding ortho intramolecular Hbond substituents is 1. The number of carbonyl (C=O) groups excluding carboxylic acids is 1. The molecule has 0 atom stereocenters. The number of ether oxygens (including phenoxy) is 1. The molecule has 1 amide bonds. The van der Waals surface area contributed by atoms with E-state index in [0.717, 1.165) is 0 Å². The minimum absolute atomic E-state index is 0.146. The Balaban J connectivity index is 1.95. The Labute approximate surface area is 190 Å². The molecule has 0 saturated carbocycles. The third kappa shape index (κ3) is 4.26. The normalized spacial score (nSPS) is 11.5. The SMILES string of the molecule is COc1cc(Br)c(Br)c(C=NNC(=O)C(O)(c2ccccc2)c2ccccc2)c1O. The van der Waals surface area contributed by atoms with Gasteiger partial charge < -0.3 is 14.9 Å². The largest absolute Gasteiger partial charge is 0.504 e. The van der Waals surface area contributed by atoms with Gasteiger partial charge in [-0.1, -0.05) is 60.7 Å². The first-order chi connectivity index (χ1) is 14.4. The second-order valence-corrected chi connectivity index (χ2v) is 7.93. The molecule has 0 fully saturated rings. The number of phenols is 1. The summed E-state index contributed by atoms with van der Waals surface area (Å²) in [5.41, 5.74) is 1.52. The number of rotatable bonds is 6. The molecule has 0 radical (unpaired) electrons. The number of hydrogen-bond acceptors (Lipinski definition) is 5. The molecule has 0 saturated heterocycles. The molecule has 3 N–H and O–H groups in total. The number of halogens is 2. The summed E-state index contributed by atoms with van der Waals surface area (Å²) >= 11 is 6.72. The summed E-state index contributed by atoms with van der Waals surface area (Å²) in [5.74, 6) is -0.649. The molecule has 8 heteroatoms. The minimum Gasteiger partial charge on any atom is -0.504 e. The van der Waals surface area contributed by atoms with Gasteiger partial charge in [-0.2, -0.15) is 5.10 Å². The second kappa shape index (κ2) is 9.42. The fourth-order valence-electron chi connectivity index (χ4n) is 2.91. The number of benzene rings is 3. The first-order valence-electron chi connectivity index (χ1n) is 8.81. The van der Waals surface area contributed by atoms with E-state index in [9.17, 15) is 15.0 Å². The van der Waals surface area contributed by atoms with Crippen molar-refractivity contribution in [1.29, 1.82) is 0 Å². The van der Waals surface area contributed by atoms with E-state index in [1.807, 2.05) is 0 Å². The zero-order valence-corrected chi connectivity index (χ0v) is 19.0. The molecule has 0 spiro atoms. The molecule has 3 aromatic rings. The van der Waals surface area contributed by atoms with Gasteiger partial charge in [0.1, 0.15) is 0 Å². The Bertz CT molecular complexity index is 1030. The van der Waals surface area contributed by atoms with Gasteiger partial charge in [0.2, 0.25) is 0 Å². The molecular formula is C22H18Br2N2O4. The Morgan fingerprint density at radius 3 is 2.10 bits per heavy atom. The average Bonchev–Trinajstić information content (AvgIpc) is 2.79. The molecule has 0 aliphatic heterocycles. The van der Waals surface area contributed by atoms with E-state index in [-0.39, 0.29) is 11.5 Å². The van der Waals surface area contributed by atoms with Crippen molar-refractivity contribution in [3.05, 3.63) is 92.4 Å². The highest BCUT2D eigenvalue weighted by Crippen LogP contribution is 2.39. The van der Waals surface area contributed by atoms with Crippen LogP contribution in [0.2, 0.25) is 0 Å². The van der Waals surface area contributed by atoms with Gasteiger partial charge in [0.05, 0.1) is 18.9 Å². The summed E-state index contributed by atoms with van der Waals surface area (Å²) < 4.78 is 6.29. The van der Waals surface area contributed by atoms with Gasteiger partial charge in [-0.15, -0.1) is 0 Å². The van der Waals surface area contributed by atoms with E-state index in [1.54, 1.807) is 66.7 Å². The third-order valence-electron chi connectivity index (χ3n) is 4.48. The number of methoxy groups -OCH3 is 1. The maximum Gasteiger partial charge on any atom is 0.281 e. The van der Waals surface area contributed by atoms with E-state index in [2.05, 4.69) is 42.4 Å². The fourth-order valence-corrected chi connectivity index (χ4v) is 3.74. The van der Waals surface area contributed by atoms with Gasteiger partial charge in [0.25, 0.3) is 5.91 Å². The smallest absolute Gasteiger partial charge is 0.281 e. The Kier molecular flexibility index (Phi) is 6.91. The lowest BCUT2D eigenvalue weighted by Gasteiger charge is -2.27. The molecule has 30 heavy (non-hydrogen) atoms. The average molecular weight is 534 g/mol. The summed E-state index contributed by atoms with van der Waals surface area (Å²) in [7, 11) is 1.43. The van der Waals surface area contributed by atoms with Crippen LogP contribution < -0.4 is 10.2 Å². The Morgan fingerprint density at radius 1 is 1.07 bits per heavy atom. The molecule has 0 aromatic heterocycles. The molecule has 3 rings (SSSR count). The quantitative estimate of drug-likeness (QED) is 0.325. The van der Waals surface area contributed by atoms with E-state index in [1.165, 1.54) is 13.3 Å². The first-order valence-corrected chi connectivity index (χ1v) is 10.4. The van der Waals surface area contributed by atoms with Crippen molar-refractivity contribution in [1.82, 2.24) is 5.43 Å². The van der Waals surface area contributed by atoms with Crippen LogP contribution in [0.1, 0.15) is 16.7 Å². The van der Waals surface area contributed by atoms with E-state index in [0.29, 0.717) is 25.6 Å². The van der Waals surface area contributed by atoms with Crippen molar-refractivity contribution in [2.75, 3.05) is 7.11 Å². The summed E-state index contributed by atoms with van der Waals surface area (Å²) in [5, 5.41) is 25.7. The number of nitrogens with zero attached hydrogens (tertiary/aromatic N) is 1. The third-order valence-corrected chi connectivity index (χ3v) is 6.50. The highest BCUT2D eigenvalue weighted by Gasteiger charge is 2.39. The molecule has 0 unspecified atom stereocenters. The predicted molar refractivity (Wildman–Crippen MR) is 122 cm³/mol. The topological polar surface area (TPSA) is 91.2 Å². The Morgan fingerprint density at radius 2 is 1.60 bits per heavy atom. The number of aliphatic hydroxyl groups is 1. The van der Waals surface area contributed by atoms with Crippen molar-refractivity contribution in [2.24, 2.45) is 5.10 Å². The fraction of sp³-hybridized carbons (Fsp3) is 0.0909. The van der Waals surface area contributed by atoms with Gasteiger partial charge in [0, 0.05) is 8.95 Å². The molecule has 0 aliphatic carbocycles. The van der Waals surface area contributed by atoms with Crippen LogP contribution in [0.15, 0.2) is 80.8 Å². The van der Waals surface area contributed by atoms with E-state index >= 15 is 0 Å². The Hall–Kier alpha value is -2.68. The zero-order chi connectivity index (χ0) is 21.7. The number of amides is 1. The molecule has 154 valence electrons. The predicted octanol–water partition coefficient (Wildman–Crippen LogP) is 4.31. The number of aromatic hydroxyl groups is 1. The molecule has 0 aliphatic rings. The van der Waals surface area contributed by atoms with Gasteiger partial charge in [-0.3, -0.25) is 4.79 Å². The lowest BCUT2D eigenvalue weighted by molar-refractivity contribution is -0.136. The summed E-state index contributed by atoms with van der Waals surface area (Å²) in [6.45, 7) is 0. The lowest BCUT2D eigenvalue weighted by Crippen LogP contribution is -2.43. The van der Waals surface area contributed by atoms with Gasteiger partial charge >= 0.3 is 0 Å². The standard InChI is InChI=1S/C22H18Br2N2O4/c1-30-18-12-17(23)19(24)16(20(18)27)13-25-26-21(28)22(29,14-8-4-2-5-9-14)15-10-6-3-7-11-15/h2-13,27,29H,1H3,(H,26,28). The molecule has 0 heterocycles. The van der Waals surface area contributed by atoms with Crippen molar-refractivity contribution >= 4 is 44.0 Å². The van der Waals surface area contributed by atoms with Crippen LogP contribution in [-0.4, -0.2) is 29.4 Å². The number of carbonyl (C=O) groups is 1. The van der Waals surface area contributed by atoms with Crippen LogP contribution in [0.25, 0.3) is 0 Å². The lowest BCUT2D eigenvalue weighted by atomic mass is 9.85. The van der Waals surface area contributed by atoms with Crippen LogP contribution in [0.5, 0.6) is 11.5 Å². The maximum absolute atomic E-state index is 13.0. The van der Waals surface area contributed by atoms with Crippen molar-refractivity contribution < 1.29 is 19.7 Å². The van der Waals surface area contributed by atoms with E-state index < -0.39 is 11.5 Å². The van der Waals surface area contributed by atoms with Crippen molar-refractivity contribution in [3.63, 3.8) is 0 Å². The highest BCUT2D eigenvalue weighted by atomic mass is 79.9. The van der Waals surface area contributed by atoms with Crippen LogP contribution in [0.3, 0.4) is 0 Å². The van der Waals surface area contributed by atoms with Gasteiger partial charge in [0.15, 0.2) is 17.1 Å². The van der Waals surface area contributed by atoms with Gasteiger partial charge in [-0.05, 0) is 49.1 Å². The maximum atomic E-state index is 13.0. The van der Waals surface area contributed by atoms with Crippen molar-refractivity contribution in [3.8, 4) is 11.5 Å². The molecule has 0 bridgehead atoms. The molecule has 3 aromatic carbocycles. The zero-order valence-electron chi connectivity index (χ0n) is 15.8. The number of hydrazone groups is 1. The van der Waals surface area contributed by atoms with Gasteiger partial charge in [-0.25, -0.2) is 5.43 Å². The minimum atomic E-state index is -1.95. The number of hydrogen-bond donors (Lipinski definition) is 3. The van der Waals surface area contributed by atoms with Crippen LogP contribution in [0.4, 0.5) is 0 Å². The van der Waals surface area contributed by atoms with E-state index in [4.69, 9.17) is 4.74 Å². The van der Waals surface area contributed by atoms with Crippen LogP contribution in [0, 0.1) is 0 Å². The van der Waals surface area contributed by atoms with Crippen molar-refractivity contribution in [2.45, 2.75) is 5.60 Å².